The number of carbonyl (C=O) groups is 1. The Labute approximate surface area is 157 Å². The SMILES string of the molecule is Cc1ccc(Nc2nc(N)nc(COC(=O)c3cc(C)ccc3C)n2)cc1. The molecular formula is C20H21N5O2. The van der Waals surface area contributed by atoms with Gasteiger partial charge in [0, 0.05) is 5.69 Å². The van der Waals surface area contributed by atoms with Crippen LogP contribution in [0.2, 0.25) is 0 Å². The van der Waals surface area contributed by atoms with E-state index in [0.717, 1.165) is 22.4 Å². The summed E-state index contributed by atoms with van der Waals surface area (Å²) in [7, 11) is 0. The molecule has 0 radical (unpaired) electrons. The summed E-state index contributed by atoms with van der Waals surface area (Å²) in [6, 6.07) is 13.4. The summed E-state index contributed by atoms with van der Waals surface area (Å²) in [6.45, 7) is 5.70. The third-order valence-electron chi connectivity index (χ3n) is 3.95. The predicted octanol–water partition coefficient (Wildman–Crippen LogP) is 3.48. The van der Waals surface area contributed by atoms with E-state index < -0.39 is 5.97 Å². The van der Waals surface area contributed by atoms with Crippen LogP contribution in [0.3, 0.4) is 0 Å². The number of nitrogens with one attached hydrogen (secondary N) is 1. The number of esters is 1. The topological polar surface area (TPSA) is 103 Å². The maximum absolute atomic E-state index is 12.3. The Kier molecular flexibility index (Phi) is 5.30. The molecule has 7 heteroatoms. The molecule has 0 aliphatic carbocycles. The van der Waals surface area contributed by atoms with Gasteiger partial charge in [-0.15, -0.1) is 0 Å². The fraction of sp³-hybridized carbons (Fsp3) is 0.200. The van der Waals surface area contributed by atoms with Gasteiger partial charge in [-0.25, -0.2) is 4.79 Å². The number of ether oxygens (including phenoxy) is 1. The van der Waals surface area contributed by atoms with Gasteiger partial charge in [-0.1, -0.05) is 35.4 Å². The van der Waals surface area contributed by atoms with Gasteiger partial charge in [-0.3, -0.25) is 0 Å². The number of benzene rings is 2. The summed E-state index contributed by atoms with van der Waals surface area (Å²) < 4.78 is 5.35. The van der Waals surface area contributed by atoms with Gasteiger partial charge in [-0.05, 0) is 44.5 Å². The van der Waals surface area contributed by atoms with Gasteiger partial charge in [0.05, 0.1) is 5.56 Å². The van der Waals surface area contributed by atoms with Crippen molar-refractivity contribution in [3.05, 3.63) is 70.5 Å². The van der Waals surface area contributed by atoms with Crippen molar-refractivity contribution in [1.82, 2.24) is 15.0 Å². The van der Waals surface area contributed by atoms with Gasteiger partial charge in [0.1, 0.15) is 0 Å². The molecule has 0 amide bonds. The fourth-order valence-corrected chi connectivity index (χ4v) is 2.49. The molecule has 1 aromatic heterocycles. The minimum Gasteiger partial charge on any atom is -0.454 e. The second-order valence-corrected chi connectivity index (χ2v) is 6.32. The predicted molar refractivity (Wildman–Crippen MR) is 104 cm³/mol. The molecule has 0 saturated carbocycles. The van der Waals surface area contributed by atoms with E-state index in [1.807, 2.05) is 57.2 Å². The van der Waals surface area contributed by atoms with Gasteiger partial charge in [0.25, 0.3) is 0 Å². The number of carbonyl (C=O) groups excluding carboxylic acids is 1. The van der Waals surface area contributed by atoms with E-state index in [2.05, 4.69) is 20.3 Å². The lowest BCUT2D eigenvalue weighted by atomic mass is 10.1. The monoisotopic (exact) mass is 363 g/mol. The lowest BCUT2D eigenvalue weighted by Gasteiger charge is -2.09. The highest BCUT2D eigenvalue weighted by atomic mass is 16.5. The maximum atomic E-state index is 12.3. The van der Waals surface area contributed by atoms with Gasteiger partial charge in [-0.2, -0.15) is 15.0 Å². The van der Waals surface area contributed by atoms with Crippen LogP contribution in [-0.4, -0.2) is 20.9 Å². The Morgan fingerprint density at radius 2 is 1.70 bits per heavy atom. The summed E-state index contributed by atoms with van der Waals surface area (Å²) in [5.41, 5.74) is 10.1. The number of anilines is 3. The van der Waals surface area contributed by atoms with Crippen LogP contribution < -0.4 is 11.1 Å². The first-order chi connectivity index (χ1) is 12.9. The molecule has 3 rings (SSSR count). The van der Waals surface area contributed by atoms with Crippen LogP contribution in [0, 0.1) is 20.8 Å². The zero-order chi connectivity index (χ0) is 19.4. The number of aryl methyl sites for hydroxylation is 3. The Hall–Kier alpha value is -3.48. The molecular weight excluding hydrogens is 342 g/mol. The van der Waals surface area contributed by atoms with Crippen LogP contribution in [0.1, 0.15) is 32.9 Å². The van der Waals surface area contributed by atoms with Crippen LogP contribution >= 0.6 is 0 Å². The Morgan fingerprint density at radius 3 is 2.44 bits per heavy atom. The first kappa shape index (κ1) is 18.3. The summed E-state index contributed by atoms with van der Waals surface area (Å²) in [5.74, 6) is 0.195. The number of rotatable bonds is 5. The van der Waals surface area contributed by atoms with Crippen molar-refractivity contribution in [2.75, 3.05) is 11.1 Å². The minimum absolute atomic E-state index is 0.0531. The third kappa shape index (κ3) is 4.78. The molecule has 2 aromatic carbocycles. The van der Waals surface area contributed by atoms with E-state index in [1.54, 1.807) is 6.07 Å². The molecule has 0 aliphatic rings. The van der Waals surface area contributed by atoms with Gasteiger partial charge < -0.3 is 15.8 Å². The molecule has 0 spiro atoms. The van der Waals surface area contributed by atoms with E-state index in [9.17, 15) is 4.79 Å². The zero-order valence-electron chi connectivity index (χ0n) is 15.5. The molecule has 0 unspecified atom stereocenters. The van der Waals surface area contributed by atoms with Crippen molar-refractivity contribution in [2.24, 2.45) is 0 Å². The van der Waals surface area contributed by atoms with Crippen LogP contribution in [0.15, 0.2) is 42.5 Å². The minimum atomic E-state index is -0.428. The first-order valence-electron chi connectivity index (χ1n) is 8.49. The van der Waals surface area contributed by atoms with E-state index in [1.165, 1.54) is 0 Å². The number of hydrogen-bond donors (Lipinski definition) is 2. The molecule has 0 atom stereocenters. The average molecular weight is 363 g/mol. The van der Waals surface area contributed by atoms with Crippen molar-refractivity contribution in [2.45, 2.75) is 27.4 Å². The highest BCUT2D eigenvalue weighted by molar-refractivity contribution is 5.91. The number of nitrogens with zero attached hydrogens (tertiary/aromatic N) is 3. The zero-order valence-corrected chi connectivity index (χ0v) is 15.5. The summed E-state index contributed by atoms with van der Waals surface area (Å²) in [5, 5.41) is 3.07. The lowest BCUT2D eigenvalue weighted by molar-refractivity contribution is 0.0461. The number of hydrogen-bond acceptors (Lipinski definition) is 7. The fourth-order valence-electron chi connectivity index (χ4n) is 2.49. The summed E-state index contributed by atoms with van der Waals surface area (Å²) in [4.78, 5) is 24.7. The van der Waals surface area contributed by atoms with Gasteiger partial charge in [0.15, 0.2) is 12.4 Å². The second-order valence-electron chi connectivity index (χ2n) is 6.32. The molecule has 27 heavy (non-hydrogen) atoms. The Balaban J connectivity index is 1.71. The standard InChI is InChI=1S/C20H21N5O2/c1-12-5-8-15(9-6-12)22-20-24-17(23-19(21)25-20)11-27-18(26)16-10-13(2)4-7-14(16)3/h4-10H,11H2,1-3H3,(H3,21,22,23,24,25). The second kappa shape index (κ2) is 7.82. The summed E-state index contributed by atoms with van der Waals surface area (Å²) >= 11 is 0. The van der Waals surface area contributed by atoms with Crippen LogP contribution in [0.5, 0.6) is 0 Å². The molecule has 1 heterocycles. The van der Waals surface area contributed by atoms with Crippen LogP contribution in [0.25, 0.3) is 0 Å². The number of aromatic nitrogens is 3. The largest absolute Gasteiger partial charge is 0.454 e. The number of nitrogen functional groups attached to an aromatic ring is 1. The first-order valence-corrected chi connectivity index (χ1v) is 8.49. The maximum Gasteiger partial charge on any atom is 0.338 e. The van der Waals surface area contributed by atoms with Crippen molar-refractivity contribution < 1.29 is 9.53 Å². The van der Waals surface area contributed by atoms with E-state index in [4.69, 9.17) is 10.5 Å². The Morgan fingerprint density at radius 1 is 1.00 bits per heavy atom. The normalized spacial score (nSPS) is 10.5. The quantitative estimate of drug-likeness (QED) is 0.669. The van der Waals surface area contributed by atoms with E-state index in [-0.39, 0.29) is 18.4 Å². The lowest BCUT2D eigenvalue weighted by Crippen LogP contribution is -2.12. The molecule has 0 bridgehead atoms. The molecule has 3 aromatic rings. The third-order valence-corrected chi connectivity index (χ3v) is 3.95. The molecule has 3 N–H and O–H groups in total. The van der Waals surface area contributed by atoms with Crippen molar-refractivity contribution >= 4 is 23.6 Å². The van der Waals surface area contributed by atoms with Gasteiger partial charge >= 0.3 is 5.97 Å². The number of nitrogens with two attached hydrogens (primary N) is 1. The summed E-state index contributed by atoms with van der Waals surface area (Å²) in [6.07, 6.45) is 0. The van der Waals surface area contributed by atoms with E-state index in [0.29, 0.717) is 11.5 Å². The molecule has 0 saturated heterocycles. The molecule has 7 nitrogen and oxygen atoms in total. The molecule has 0 fully saturated rings. The highest BCUT2D eigenvalue weighted by Gasteiger charge is 2.13. The Bertz CT molecular complexity index is 971. The smallest absolute Gasteiger partial charge is 0.338 e. The molecule has 0 aliphatic heterocycles. The highest BCUT2D eigenvalue weighted by Crippen LogP contribution is 2.16. The molecule has 138 valence electrons. The van der Waals surface area contributed by atoms with Gasteiger partial charge in [0.2, 0.25) is 11.9 Å². The van der Waals surface area contributed by atoms with E-state index >= 15 is 0 Å². The van der Waals surface area contributed by atoms with Crippen LogP contribution in [-0.2, 0) is 11.3 Å². The van der Waals surface area contributed by atoms with Crippen molar-refractivity contribution in [3.8, 4) is 0 Å². The van der Waals surface area contributed by atoms with Crippen molar-refractivity contribution in [3.63, 3.8) is 0 Å². The van der Waals surface area contributed by atoms with Crippen molar-refractivity contribution in [1.29, 1.82) is 0 Å². The van der Waals surface area contributed by atoms with Crippen LogP contribution in [0.4, 0.5) is 17.6 Å². The average Bonchev–Trinajstić information content (AvgIpc) is 2.63.